The number of terminal acetylenes is 1. The summed E-state index contributed by atoms with van der Waals surface area (Å²) in [5.41, 5.74) is 2.62. The molecule has 0 heterocycles. The first-order valence-electron chi connectivity index (χ1n) is 12.1. The maximum absolute atomic E-state index is 15.1. The number of carbonyl (C=O) groups excluding carboxylic acids is 1. The van der Waals surface area contributed by atoms with Crippen LogP contribution in [0.1, 0.15) is 74.5 Å². The molecule has 4 aliphatic carbocycles. The number of aryl methyl sites for hydroxylation is 1. The molecule has 0 spiro atoms. The van der Waals surface area contributed by atoms with Crippen LogP contribution >= 0.6 is 0 Å². The topological polar surface area (TPSA) is 61.1 Å². The van der Waals surface area contributed by atoms with Crippen molar-refractivity contribution in [3.05, 3.63) is 57.7 Å². The lowest BCUT2D eigenvalue weighted by molar-refractivity contribution is -0.209. The largest absolute Gasteiger partial charge is 0.382 e. The van der Waals surface area contributed by atoms with Gasteiger partial charge in [-0.2, -0.15) is 14.0 Å². The van der Waals surface area contributed by atoms with E-state index in [1.807, 2.05) is 19.1 Å². The predicted octanol–water partition coefficient (Wildman–Crippen LogP) is 5.77. The van der Waals surface area contributed by atoms with Gasteiger partial charge >= 0.3 is 5.92 Å². The molecule has 2 saturated carbocycles. The minimum atomic E-state index is -3.62. The van der Waals surface area contributed by atoms with Gasteiger partial charge in [0.15, 0.2) is 5.78 Å². The lowest BCUT2D eigenvalue weighted by atomic mass is 9.50. The summed E-state index contributed by atoms with van der Waals surface area (Å²) >= 11 is 0. The van der Waals surface area contributed by atoms with E-state index >= 15 is 8.78 Å². The first-order valence-corrected chi connectivity index (χ1v) is 12.1. The van der Waals surface area contributed by atoms with E-state index in [9.17, 15) is 15.2 Å². The Kier molecular flexibility index (Phi) is 5.16. The van der Waals surface area contributed by atoms with Crippen molar-refractivity contribution in [3.8, 4) is 18.4 Å². The molecule has 5 rings (SSSR count). The van der Waals surface area contributed by atoms with Crippen molar-refractivity contribution in [2.24, 2.45) is 17.3 Å². The highest BCUT2D eigenvalue weighted by atomic mass is 19.3. The number of carbonyl (C=O) groups is 1. The zero-order valence-electron chi connectivity index (χ0n) is 19.6. The summed E-state index contributed by atoms with van der Waals surface area (Å²) in [6, 6.07) is 7.89. The lowest BCUT2D eigenvalue weighted by Gasteiger charge is -2.55. The number of nitriles is 1. The average Bonchev–Trinajstić information content (AvgIpc) is 3.10. The number of nitrogens with zero attached hydrogens (tertiary/aromatic N) is 1. The van der Waals surface area contributed by atoms with E-state index in [4.69, 9.17) is 6.42 Å². The van der Waals surface area contributed by atoms with Crippen LogP contribution in [0.4, 0.5) is 8.78 Å². The van der Waals surface area contributed by atoms with Crippen LogP contribution in [0.2, 0.25) is 0 Å². The summed E-state index contributed by atoms with van der Waals surface area (Å²) in [6.07, 6.45) is 10.5. The Morgan fingerprint density at radius 1 is 1.24 bits per heavy atom. The number of ketones is 1. The molecule has 0 radical (unpaired) electrons. The highest BCUT2D eigenvalue weighted by Gasteiger charge is 2.71. The van der Waals surface area contributed by atoms with Gasteiger partial charge in [0.05, 0.1) is 11.6 Å². The molecule has 1 aromatic rings. The van der Waals surface area contributed by atoms with Crippen molar-refractivity contribution >= 4 is 5.78 Å². The van der Waals surface area contributed by atoms with E-state index in [1.54, 1.807) is 25.0 Å². The van der Waals surface area contributed by atoms with Crippen LogP contribution in [0.3, 0.4) is 0 Å². The average molecular weight is 462 g/mol. The molecular formula is C29H29F2NO2. The molecule has 0 aromatic heterocycles. The van der Waals surface area contributed by atoms with E-state index in [1.165, 1.54) is 11.1 Å². The molecule has 176 valence electrons. The Bertz CT molecular complexity index is 1230. The van der Waals surface area contributed by atoms with Crippen LogP contribution in [-0.2, 0) is 4.79 Å². The van der Waals surface area contributed by atoms with Gasteiger partial charge in [-0.1, -0.05) is 24.6 Å². The monoisotopic (exact) mass is 461 g/mol. The highest BCUT2D eigenvalue weighted by Crippen LogP contribution is 2.69. The van der Waals surface area contributed by atoms with Crippen LogP contribution in [-0.4, -0.2) is 22.4 Å². The Morgan fingerprint density at radius 2 is 2.00 bits per heavy atom. The van der Waals surface area contributed by atoms with Crippen molar-refractivity contribution in [1.29, 1.82) is 5.26 Å². The number of fused-ring (bicyclic) bond motifs is 4. The number of allylic oxidation sites excluding steroid dienone is 4. The van der Waals surface area contributed by atoms with E-state index in [0.717, 1.165) is 29.5 Å². The van der Waals surface area contributed by atoms with Gasteiger partial charge in [0, 0.05) is 17.8 Å². The maximum Gasteiger partial charge on any atom is 0.336 e. The zero-order chi connectivity index (χ0) is 24.5. The van der Waals surface area contributed by atoms with Crippen LogP contribution in [0.5, 0.6) is 0 Å². The third-order valence-corrected chi connectivity index (χ3v) is 9.36. The molecule has 0 amide bonds. The number of rotatable bonds is 2. The van der Waals surface area contributed by atoms with Gasteiger partial charge in [-0.3, -0.25) is 4.79 Å². The molecule has 2 unspecified atom stereocenters. The number of halogens is 2. The van der Waals surface area contributed by atoms with Crippen LogP contribution in [0, 0.1) is 47.8 Å². The SMILES string of the molecule is C#CC(F)(F)[C@]1(O)CCC2C3CCC4=CC(=O)CCC4=C3[C@@H](c3ccc(C#N)c(C)c3)C[C@@]21C. The highest BCUT2D eigenvalue weighted by molar-refractivity contribution is 5.93. The van der Waals surface area contributed by atoms with Gasteiger partial charge in [0.25, 0.3) is 0 Å². The van der Waals surface area contributed by atoms with Crippen LogP contribution < -0.4 is 0 Å². The second-order valence-electron chi connectivity index (χ2n) is 10.8. The van der Waals surface area contributed by atoms with Crippen molar-refractivity contribution in [3.63, 3.8) is 0 Å². The summed E-state index contributed by atoms with van der Waals surface area (Å²) in [4.78, 5) is 12.1. The summed E-state index contributed by atoms with van der Waals surface area (Å²) in [5, 5.41) is 20.9. The fourth-order valence-corrected chi connectivity index (χ4v) is 7.63. The first kappa shape index (κ1) is 23.0. The zero-order valence-corrected chi connectivity index (χ0v) is 19.6. The number of hydrogen-bond donors (Lipinski definition) is 1. The molecule has 1 N–H and O–H groups in total. The molecular weight excluding hydrogens is 432 g/mol. The van der Waals surface area contributed by atoms with Gasteiger partial charge in [0.1, 0.15) is 5.60 Å². The van der Waals surface area contributed by atoms with Gasteiger partial charge in [0.2, 0.25) is 0 Å². The molecule has 2 fully saturated rings. The number of benzene rings is 1. The summed E-state index contributed by atoms with van der Waals surface area (Å²) in [7, 11) is 0. The smallest absolute Gasteiger partial charge is 0.336 e. The summed E-state index contributed by atoms with van der Waals surface area (Å²) < 4.78 is 30.2. The van der Waals surface area contributed by atoms with Crippen molar-refractivity contribution in [1.82, 2.24) is 0 Å². The summed E-state index contributed by atoms with van der Waals surface area (Å²) in [6.45, 7) is 3.69. The second kappa shape index (κ2) is 7.62. The molecule has 0 aliphatic heterocycles. The molecule has 3 nitrogen and oxygen atoms in total. The third-order valence-electron chi connectivity index (χ3n) is 9.36. The van der Waals surface area contributed by atoms with Gasteiger partial charge in [-0.05, 0) is 97.6 Å². The maximum atomic E-state index is 15.1. The fraction of sp³-hybridized carbons (Fsp3) is 0.517. The number of hydrogen-bond acceptors (Lipinski definition) is 3. The number of alkyl halides is 2. The van der Waals surface area contributed by atoms with Gasteiger partial charge in [-0.15, -0.1) is 6.42 Å². The molecule has 1 aromatic carbocycles. The molecule has 5 heteroatoms. The van der Waals surface area contributed by atoms with Gasteiger partial charge in [-0.25, -0.2) is 0 Å². The molecule has 34 heavy (non-hydrogen) atoms. The minimum Gasteiger partial charge on any atom is -0.382 e. The molecule has 0 bridgehead atoms. The van der Waals surface area contributed by atoms with E-state index < -0.39 is 16.9 Å². The second-order valence-corrected chi connectivity index (χ2v) is 10.8. The Hall–Kier alpha value is -2.76. The van der Waals surface area contributed by atoms with Crippen molar-refractivity contribution in [2.75, 3.05) is 0 Å². The van der Waals surface area contributed by atoms with E-state index in [-0.39, 0.29) is 30.0 Å². The Morgan fingerprint density at radius 3 is 2.68 bits per heavy atom. The van der Waals surface area contributed by atoms with Crippen molar-refractivity contribution in [2.45, 2.75) is 76.2 Å². The fourth-order valence-electron chi connectivity index (χ4n) is 7.63. The molecule has 0 saturated heterocycles. The lowest BCUT2D eigenvalue weighted by Crippen LogP contribution is -2.60. The Labute approximate surface area is 199 Å². The van der Waals surface area contributed by atoms with Crippen molar-refractivity contribution < 1.29 is 18.7 Å². The van der Waals surface area contributed by atoms with E-state index in [2.05, 4.69) is 6.07 Å². The third kappa shape index (κ3) is 2.99. The first-order chi connectivity index (χ1) is 16.1. The number of aliphatic hydroxyl groups is 1. The predicted molar refractivity (Wildman–Crippen MR) is 125 cm³/mol. The normalized spacial score (nSPS) is 35.0. The molecule has 4 aliphatic rings. The molecule has 5 atom stereocenters. The van der Waals surface area contributed by atoms with E-state index in [0.29, 0.717) is 31.2 Å². The standard InChI is InChI=1S/C29H29F2NO2/c1-4-29(30,31)28(34)12-11-25-23-9-7-19-14-21(33)8-10-22(19)26(23)24(15-27(25,28)3)18-5-6-20(16-32)17(2)13-18/h1,5-6,13-14,23-25,34H,7-12,15H2,2-3H3/t23?,24-,25?,27+,28+/m1/s1. The summed E-state index contributed by atoms with van der Waals surface area (Å²) in [5.74, 6) is -2.09. The quantitative estimate of drug-likeness (QED) is 0.569. The minimum absolute atomic E-state index is 0.0230. The van der Waals surface area contributed by atoms with Gasteiger partial charge < -0.3 is 5.11 Å². The van der Waals surface area contributed by atoms with Crippen LogP contribution in [0.15, 0.2) is 41.0 Å². The Balaban J connectivity index is 1.72. The van der Waals surface area contributed by atoms with Crippen LogP contribution in [0.25, 0.3) is 0 Å².